The summed E-state index contributed by atoms with van der Waals surface area (Å²) in [6, 6.07) is 5.08. The van der Waals surface area contributed by atoms with Crippen molar-refractivity contribution in [2.24, 2.45) is 0 Å². The number of fused-ring (bicyclic) bond motifs is 1. The van der Waals surface area contributed by atoms with Crippen molar-refractivity contribution in [2.75, 3.05) is 11.1 Å². The normalized spacial score (nSPS) is 13.6. The molecule has 0 atom stereocenters. The molecule has 1 aromatic carbocycles. The Morgan fingerprint density at radius 3 is 2.94 bits per heavy atom. The number of nitrogens with two attached hydrogens (primary N) is 1. The van der Waals surface area contributed by atoms with Gasteiger partial charge in [-0.1, -0.05) is 16.8 Å². The number of carbonyl (C=O) groups excluding carboxylic acids is 1. The minimum atomic E-state index is -0.0556. The van der Waals surface area contributed by atoms with Crippen LogP contribution in [0.4, 0.5) is 11.6 Å². The monoisotopic (exact) mass is 249 g/mol. The van der Waals surface area contributed by atoms with Gasteiger partial charge in [0.25, 0.3) is 0 Å². The Morgan fingerprint density at radius 2 is 2.24 bits per heavy atom. The number of rotatable bonds is 1. The molecule has 0 unspecified atom stereocenters. The molecule has 5 nitrogen and oxygen atoms in total. The molecular weight excluding hydrogens is 242 g/mol. The SMILES string of the molecule is Nc1cc(-c2cc(Cl)cc3c2NC(=O)C3)no1. The highest BCUT2D eigenvalue weighted by molar-refractivity contribution is 6.31. The predicted molar refractivity (Wildman–Crippen MR) is 63.7 cm³/mol. The number of nitrogens with one attached hydrogen (secondary N) is 1. The molecule has 17 heavy (non-hydrogen) atoms. The lowest BCUT2D eigenvalue weighted by atomic mass is 10.1. The van der Waals surface area contributed by atoms with Crippen LogP contribution in [0.15, 0.2) is 22.7 Å². The topological polar surface area (TPSA) is 81.1 Å². The molecule has 1 aliphatic rings. The summed E-state index contributed by atoms with van der Waals surface area (Å²) in [5.41, 5.74) is 8.35. The third-order valence-corrected chi connectivity index (χ3v) is 2.82. The van der Waals surface area contributed by atoms with E-state index >= 15 is 0 Å². The van der Waals surface area contributed by atoms with E-state index < -0.39 is 0 Å². The summed E-state index contributed by atoms with van der Waals surface area (Å²) in [4.78, 5) is 11.4. The van der Waals surface area contributed by atoms with E-state index in [-0.39, 0.29) is 11.8 Å². The van der Waals surface area contributed by atoms with Crippen LogP contribution in [-0.2, 0) is 11.2 Å². The van der Waals surface area contributed by atoms with Crippen LogP contribution in [0.1, 0.15) is 5.56 Å². The highest BCUT2D eigenvalue weighted by atomic mass is 35.5. The maximum Gasteiger partial charge on any atom is 0.228 e. The molecule has 0 fully saturated rings. The van der Waals surface area contributed by atoms with Crippen molar-refractivity contribution in [3.05, 3.63) is 28.8 Å². The van der Waals surface area contributed by atoms with Gasteiger partial charge in [-0.05, 0) is 17.7 Å². The third kappa shape index (κ3) is 1.64. The molecule has 3 rings (SSSR count). The van der Waals surface area contributed by atoms with Gasteiger partial charge in [0.1, 0.15) is 5.69 Å². The number of nitrogen functional groups attached to an aromatic ring is 1. The highest BCUT2D eigenvalue weighted by Gasteiger charge is 2.23. The molecule has 0 radical (unpaired) electrons. The van der Waals surface area contributed by atoms with Crippen molar-refractivity contribution < 1.29 is 9.32 Å². The summed E-state index contributed by atoms with van der Waals surface area (Å²) in [5.74, 6) is 0.165. The number of nitrogens with zero attached hydrogens (tertiary/aromatic N) is 1. The van der Waals surface area contributed by atoms with Crippen LogP contribution in [0.2, 0.25) is 5.02 Å². The molecule has 2 heterocycles. The van der Waals surface area contributed by atoms with Crippen LogP contribution < -0.4 is 11.1 Å². The average Bonchev–Trinajstić information content (AvgIpc) is 2.82. The molecule has 6 heteroatoms. The van der Waals surface area contributed by atoms with E-state index in [0.717, 1.165) is 16.8 Å². The van der Waals surface area contributed by atoms with Gasteiger partial charge in [0.05, 0.1) is 12.1 Å². The number of anilines is 2. The lowest BCUT2D eigenvalue weighted by molar-refractivity contribution is -0.115. The number of halogens is 1. The fourth-order valence-corrected chi connectivity index (χ4v) is 2.17. The molecule has 1 aliphatic heterocycles. The van der Waals surface area contributed by atoms with Crippen molar-refractivity contribution in [1.82, 2.24) is 5.16 Å². The summed E-state index contributed by atoms with van der Waals surface area (Å²) in [7, 11) is 0. The molecule has 0 aliphatic carbocycles. The minimum absolute atomic E-state index is 0.0556. The summed E-state index contributed by atoms with van der Waals surface area (Å²) < 4.78 is 4.82. The Hall–Kier alpha value is -2.01. The van der Waals surface area contributed by atoms with Crippen LogP contribution in [0.5, 0.6) is 0 Å². The Bertz CT molecular complexity index is 621. The van der Waals surface area contributed by atoms with E-state index in [1.807, 2.05) is 0 Å². The first-order valence-corrected chi connectivity index (χ1v) is 5.36. The van der Waals surface area contributed by atoms with Crippen molar-refractivity contribution in [1.29, 1.82) is 0 Å². The van der Waals surface area contributed by atoms with Crippen molar-refractivity contribution in [3.8, 4) is 11.3 Å². The molecule has 0 saturated carbocycles. The largest absolute Gasteiger partial charge is 0.368 e. The van der Waals surface area contributed by atoms with Gasteiger partial charge in [0.2, 0.25) is 11.8 Å². The molecule has 0 spiro atoms. The minimum Gasteiger partial charge on any atom is -0.368 e. The number of carbonyl (C=O) groups is 1. The molecule has 1 amide bonds. The number of aromatic nitrogens is 1. The standard InChI is InChI=1S/C11H8ClN3O2/c12-6-1-5-2-10(16)14-11(5)7(3-6)8-4-9(13)17-15-8/h1,3-4H,2,13H2,(H,14,16). The second-order valence-electron chi connectivity index (χ2n) is 3.83. The van der Waals surface area contributed by atoms with Gasteiger partial charge in [0, 0.05) is 16.7 Å². The van der Waals surface area contributed by atoms with E-state index in [9.17, 15) is 4.79 Å². The van der Waals surface area contributed by atoms with E-state index in [4.69, 9.17) is 21.9 Å². The van der Waals surface area contributed by atoms with Gasteiger partial charge in [-0.25, -0.2) is 0 Å². The first-order chi connectivity index (χ1) is 8.13. The van der Waals surface area contributed by atoms with E-state index in [1.165, 1.54) is 0 Å². The molecule has 3 N–H and O–H groups in total. The van der Waals surface area contributed by atoms with Crippen molar-refractivity contribution in [3.63, 3.8) is 0 Å². The second-order valence-corrected chi connectivity index (χ2v) is 4.26. The molecule has 1 aromatic heterocycles. The smallest absolute Gasteiger partial charge is 0.228 e. The lowest BCUT2D eigenvalue weighted by Crippen LogP contribution is -2.04. The van der Waals surface area contributed by atoms with Gasteiger partial charge in [-0.2, -0.15) is 0 Å². The van der Waals surface area contributed by atoms with E-state index in [0.29, 0.717) is 17.1 Å². The first kappa shape index (κ1) is 10.2. The van der Waals surface area contributed by atoms with Crippen LogP contribution >= 0.6 is 11.6 Å². The van der Waals surface area contributed by atoms with Crippen LogP contribution in [0.3, 0.4) is 0 Å². The van der Waals surface area contributed by atoms with Crippen LogP contribution in [0.25, 0.3) is 11.3 Å². The van der Waals surface area contributed by atoms with E-state index in [2.05, 4.69) is 10.5 Å². The van der Waals surface area contributed by atoms with Gasteiger partial charge in [-0.3, -0.25) is 4.79 Å². The first-order valence-electron chi connectivity index (χ1n) is 4.98. The Morgan fingerprint density at radius 1 is 1.41 bits per heavy atom. The zero-order chi connectivity index (χ0) is 12.0. The molecule has 86 valence electrons. The Labute approximate surface area is 102 Å². The average molecular weight is 250 g/mol. The highest BCUT2D eigenvalue weighted by Crippen LogP contribution is 2.37. The quantitative estimate of drug-likeness (QED) is 0.811. The fraction of sp³-hybridized carbons (Fsp3) is 0.0909. The van der Waals surface area contributed by atoms with Crippen molar-refractivity contribution >= 4 is 29.1 Å². The van der Waals surface area contributed by atoms with Gasteiger partial charge in [-0.15, -0.1) is 0 Å². The third-order valence-electron chi connectivity index (χ3n) is 2.60. The maximum absolute atomic E-state index is 11.4. The molecular formula is C11H8ClN3O2. The van der Waals surface area contributed by atoms with Gasteiger partial charge < -0.3 is 15.6 Å². The fourth-order valence-electron chi connectivity index (χ4n) is 1.93. The number of benzene rings is 1. The van der Waals surface area contributed by atoms with Gasteiger partial charge in [0.15, 0.2) is 0 Å². The number of hydrogen-bond acceptors (Lipinski definition) is 4. The zero-order valence-corrected chi connectivity index (χ0v) is 9.41. The summed E-state index contributed by atoms with van der Waals surface area (Å²) >= 11 is 6.00. The number of hydrogen-bond donors (Lipinski definition) is 2. The molecule has 0 saturated heterocycles. The maximum atomic E-state index is 11.4. The lowest BCUT2D eigenvalue weighted by Gasteiger charge is -2.05. The second kappa shape index (κ2) is 3.49. The Balaban J connectivity index is 2.21. The Kier molecular flexibility index (Phi) is 2.09. The molecule has 0 bridgehead atoms. The summed E-state index contributed by atoms with van der Waals surface area (Å²) in [5, 5.41) is 7.15. The molecule has 2 aromatic rings. The van der Waals surface area contributed by atoms with Crippen LogP contribution in [-0.4, -0.2) is 11.1 Å². The summed E-state index contributed by atoms with van der Waals surface area (Å²) in [6.07, 6.45) is 0.330. The number of amides is 1. The van der Waals surface area contributed by atoms with Crippen molar-refractivity contribution in [2.45, 2.75) is 6.42 Å². The zero-order valence-electron chi connectivity index (χ0n) is 8.66. The summed E-state index contributed by atoms with van der Waals surface area (Å²) in [6.45, 7) is 0. The van der Waals surface area contributed by atoms with E-state index in [1.54, 1.807) is 18.2 Å². The van der Waals surface area contributed by atoms with Gasteiger partial charge >= 0.3 is 0 Å². The predicted octanol–water partition coefficient (Wildman–Crippen LogP) is 2.07. The van der Waals surface area contributed by atoms with Crippen LogP contribution in [0, 0.1) is 0 Å².